The van der Waals surface area contributed by atoms with E-state index in [4.69, 9.17) is 9.73 Å². The molecular formula is C22H40N8O2. The summed E-state index contributed by atoms with van der Waals surface area (Å²) in [6, 6.07) is 0.837. The summed E-state index contributed by atoms with van der Waals surface area (Å²) in [6.07, 6.45) is 4.75. The monoisotopic (exact) mass is 448 g/mol. The topological polar surface area (TPSA) is 99.9 Å². The fraction of sp³-hybridized carbons (Fsp3) is 0.818. The third-order valence-electron chi connectivity index (χ3n) is 6.68. The highest BCUT2D eigenvalue weighted by molar-refractivity contribution is 5.80. The predicted molar refractivity (Wildman–Crippen MR) is 124 cm³/mol. The molecule has 0 aliphatic carbocycles. The van der Waals surface area contributed by atoms with Gasteiger partial charge < -0.3 is 24.8 Å². The Hall–Kier alpha value is -2.20. The van der Waals surface area contributed by atoms with Gasteiger partial charge in [-0.05, 0) is 45.7 Å². The molecule has 180 valence electrons. The number of aliphatic imine (C=N–C) groups is 1. The highest BCUT2D eigenvalue weighted by atomic mass is 16.5. The zero-order valence-electron chi connectivity index (χ0n) is 20.1. The number of rotatable bonds is 9. The van der Waals surface area contributed by atoms with E-state index in [2.05, 4.69) is 32.7 Å². The second-order valence-corrected chi connectivity index (χ2v) is 8.74. The third kappa shape index (κ3) is 6.65. The molecule has 1 amide bonds. The van der Waals surface area contributed by atoms with Crippen LogP contribution < -0.4 is 10.6 Å². The number of likely N-dealkylation sites (N-methyl/N-ethyl adjacent to an activating group) is 1. The molecule has 3 heterocycles. The van der Waals surface area contributed by atoms with Gasteiger partial charge in [0.05, 0.1) is 13.0 Å². The van der Waals surface area contributed by atoms with Crippen molar-refractivity contribution >= 4 is 11.9 Å². The predicted octanol–water partition coefficient (Wildman–Crippen LogP) is 0.671. The van der Waals surface area contributed by atoms with Crippen molar-refractivity contribution in [3.63, 3.8) is 0 Å². The van der Waals surface area contributed by atoms with Gasteiger partial charge >= 0.3 is 0 Å². The van der Waals surface area contributed by atoms with Gasteiger partial charge in [0.1, 0.15) is 12.4 Å². The number of nitrogens with one attached hydrogen (secondary N) is 2. The van der Waals surface area contributed by atoms with Crippen molar-refractivity contribution in [3.8, 4) is 0 Å². The minimum atomic E-state index is 0.177. The van der Waals surface area contributed by atoms with Gasteiger partial charge in [0, 0.05) is 45.9 Å². The lowest BCUT2D eigenvalue weighted by Gasteiger charge is -2.33. The molecule has 3 rings (SSSR count). The maximum Gasteiger partial charge on any atom is 0.224 e. The summed E-state index contributed by atoms with van der Waals surface area (Å²) >= 11 is 0. The van der Waals surface area contributed by atoms with E-state index in [9.17, 15) is 4.79 Å². The largest absolute Gasteiger partial charge is 0.384 e. The Kier molecular flexibility index (Phi) is 9.28. The second kappa shape index (κ2) is 12.2. The molecule has 32 heavy (non-hydrogen) atoms. The highest BCUT2D eigenvalue weighted by Crippen LogP contribution is 2.16. The summed E-state index contributed by atoms with van der Waals surface area (Å²) in [5.41, 5.74) is 0. The summed E-state index contributed by atoms with van der Waals surface area (Å²) < 4.78 is 7.01. The van der Waals surface area contributed by atoms with Gasteiger partial charge in [-0.3, -0.25) is 9.69 Å². The van der Waals surface area contributed by atoms with Gasteiger partial charge in [0.25, 0.3) is 0 Å². The molecule has 1 aromatic heterocycles. The Morgan fingerprint density at radius 2 is 2.00 bits per heavy atom. The first-order valence-electron chi connectivity index (χ1n) is 11.9. The quantitative estimate of drug-likeness (QED) is 0.423. The van der Waals surface area contributed by atoms with Gasteiger partial charge in [0.15, 0.2) is 11.8 Å². The molecule has 0 radical (unpaired) electrons. The zero-order valence-corrected chi connectivity index (χ0v) is 20.1. The van der Waals surface area contributed by atoms with Crippen LogP contribution in [0.25, 0.3) is 0 Å². The van der Waals surface area contributed by atoms with E-state index in [0.29, 0.717) is 31.7 Å². The summed E-state index contributed by atoms with van der Waals surface area (Å²) in [7, 11) is 3.60. The number of guanidine groups is 1. The molecule has 0 saturated carbocycles. The standard InChI is InChI=1S/C22H40N8O2/c1-5-29-11-6-7-19(29)15-23-22(24-16-20-27-26-17(2)28(20)3)25-18-8-12-30(13-9-18)21(31)10-14-32-4/h18-19H,5-16H2,1-4H3,(H2,23,24,25). The Bertz CT molecular complexity index is 757. The lowest BCUT2D eigenvalue weighted by atomic mass is 10.0. The van der Waals surface area contributed by atoms with Crippen molar-refractivity contribution in [2.24, 2.45) is 12.0 Å². The Morgan fingerprint density at radius 3 is 2.66 bits per heavy atom. The zero-order chi connectivity index (χ0) is 22.9. The van der Waals surface area contributed by atoms with E-state index in [-0.39, 0.29) is 5.91 Å². The molecule has 10 heteroatoms. The van der Waals surface area contributed by atoms with Crippen LogP contribution in [-0.4, -0.2) is 95.0 Å². The molecule has 1 atom stereocenters. The molecule has 0 bridgehead atoms. The van der Waals surface area contributed by atoms with Crippen molar-refractivity contribution < 1.29 is 9.53 Å². The van der Waals surface area contributed by atoms with E-state index in [0.717, 1.165) is 56.6 Å². The van der Waals surface area contributed by atoms with Gasteiger partial charge in [0.2, 0.25) is 5.91 Å². The van der Waals surface area contributed by atoms with Crippen LogP contribution in [0.4, 0.5) is 0 Å². The van der Waals surface area contributed by atoms with Crippen LogP contribution in [0.15, 0.2) is 4.99 Å². The molecule has 2 aliphatic rings. The Balaban J connectivity index is 1.57. The van der Waals surface area contributed by atoms with Gasteiger partial charge in [-0.1, -0.05) is 6.92 Å². The number of nitrogens with zero attached hydrogens (tertiary/aromatic N) is 6. The first-order valence-corrected chi connectivity index (χ1v) is 11.9. The highest BCUT2D eigenvalue weighted by Gasteiger charge is 2.25. The number of methoxy groups -OCH3 is 1. The number of aryl methyl sites for hydroxylation is 1. The SMILES string of the molecule is CCN1CCCC1CNC(=NCc1nnc(C)n1C)NC1CCN(C(=O)CCOC)CC1. The van der Waals surface area contributed by atoms with E-state index in [1.807, 2.05) is 23.4 Å². The van der Waals surface area contributed by atoms with Crippen molar-refractivity contribution in [3.05, 3.63) is 11.6 Å². The average Bonchev–Trinajstić information content (AvgIpc) is 3.40. The molecule has 10 nitrogen and oxygen atoms in total. The van der Waals surface area contributed by atoms with Crippen molar-refractivity contribution in [2.75, 3.05) is 46.4 Å². The van der Waals surface area contributed by atoms with E-state index in [1.165, 1.54) is 19.4 Å². The van der Waals surface area contributed by atoms with E-state index in [1.54, 1.807) is 7.11 Å². The van der Waals surface area contributed by atoms with Crippen LogP contribution >= 0.6 is 0 Å². The molecule has 2 fully saturated rings. The minimum absolute atomic E-state index is 0.177. The number of hydrogen-bond acceptors (Lipinski definition) is 6. The van der Waals surface area contributed by atoms with Crippen LogP contribution in [-0.2, 0) is 23.1 Å². The number of hydrogen-bond donors (Lipinski definition) is 2. The van der Waals surface area contributed by atoms with Crippen LogP contribution in [0, 0.1) is 6.92 Å². The van der Waals surface area contributed by atoms with Crippen LogP contribution in [0.3, 0.4) is 0 Å². The number of likely N-dealkylation sites (tertiary alicyclic amines) is 2. The van der Waals surface area contributed by atoms with Crippen molar-refractivity contribution in [2.45, 2.75) is 64.6 Å². The van der Waals surface area contributed by atoms with Crippen LogP contribution in [0.1, 0.15) is 50.7 Å². The summed E-state index contributed by atoms with van der Waals surface area (Å²) in [5.74, 6) is 2.72. The number of carbonyl (C=O) groups excluding carboxylic acids is 1. The number of ether oxygens (including phenoxy) is 1. The molecule has 1 unspecified atom stereocenters. The molecule has 2 N–H and O–H groups in total. The Morgan fingerprint density at radius 1 is 1.22 bits per heavy atom. The Labute approximate surface area is 191 Å². The fourth-order valence-corrected chi connectivity index (χ4v) is 4.46. The number of aromatic nitrogens is 3. The number of piperidine rings is 1. The molecule has 0 aromatic carbocycles. The maximum atomic E-state index is 12.3. The molecule has 2 saturated heterocycles. The first kappa shape index (κ1) is 24.4. The van der Waals surface area contributed by atoms with Crippen LogP contribution in [0.5, 0.6) is 0 Å². The average molecular weight is 449 g/mol. The lowest BCUT2D eigenvalue weighted by molar-refractivity contribution is -0.133. The smallest absolute Gasteiger partial charge is 0.224 e. The summed E-state index contributed by atoms with van der Waals surface area (Å²) in [6.45, 7) is 9.80. The van der Waals surface area contributed by atoms with Crippen LogP contribution in [0.2, 0.25) is 0 Å². The first-order chi connectivity index (χ1) is 15.5. The van der Waals surface area contributed by atoms with Gasteiger partial charge in [-0.2, -0.15) is 0 Å². The van der Waals surface area contributed by atoms with E-state index >= 15 is 0 Å². The van der Waals surface area contributed by atoms with E-state index < -0.39 is 0 Å². The van der Waals surface area contributed by atoms with Crippen molar-refractivity contribution in [1.29, 1.82) is 0 Å². The third-order valence-corrected chi connectivity index (χ3v) is 6.68. The maximum absolute atomic E-state index is 12.3. The molecule has 1 aromatic rings. The second-order valence-electron chi connectivity index (χ2n) is 8.74. The normalized spacial score (nSPS) is 20.7. The number of amides is 1. The van der Waals surface area contributed by atoms with Gasteiger partial charge in [-0.25, -0.2) is 4.99 Å². The number of carbonyl (C=O) groups is 1. The lowest BCUT2D eigenvalue weighted by Crippen LogP contribution is -2.51. The minimum Gasteiger partial charge on any atom is -0.384 e. The summed E-state index contributed by atoms with van der Waals surface area (Å²) in [5, 5.41) is 15.6. The summed E-state index contributed by atoms with van der Waals surface area (Å²) in [4.78, 5) is 21.6. The molecule has 2 aliphatic heterocycles. The fourth-order valence-electron chi connectivity index (χ4n) is 4.46. The molecule has 0 spiro atoms. The van der Waals surface area contributed by atoms with Crippen molar-refractivity contribution in [1.82, 2.24) is 35.2 Å². The molecular weight excluding hydrogens is 408 g/mol. The van der Waals surface area contributed by atoms with Gasteiger partial charge in [-0.15, -0.1) is 10.2 Å².